The summed E-state index contributed by atoms with van der Waals surface area (Å²) >= 11 is 0. The molecule has 0 spiro atoms. The summed E-state index contributed by atoms with van der Waals surface area (Å²) in [7, 11) is 0. The Labute approximate surface area is 174 Å². The number of allylic oxidation sites excluding steroid dienone is 2. The summed E-state index contributed by atoms with van der Waals surface area (Å²) in [6.45, 7) is 12.4. The zero-order valence-electron chi connectivity index (χ0n) is 19.2. The molecule has 0 aromatic rings. The summed E-state index contributed by atoms with van der Waals surface area (Å²) in [5, 5.41) is 0. The van der Waals surface area contributed by atoms with Gasteiger partial charge in [0.1, 0.15) is 5.78 Å². The van der Waals surface area contributed by atoms with Crippen LogP contribution in [-0.2, 0) is 4.79 Å². The number of carbonyl (C=O) groups excluding carboxylic acids is 1. The van der Waals surface area contributed by atoms with Crippen LogP contribution in [0.25, 0.3) is 0 Å². The first-order valence-electron chi connectivity index (χ1n) is 12.5. The largest absolute Gasteiger partial charge is 0.300 e. The highest BCUT2D eigenvalue weighted by Crippen LogP contribution is 2.68. The van der Waals surface area contributed by atoms with Gasteiger partial charge in [0.05, 0.1) is 0 Å². The minimum absolute atomic E-state index is 0.457. The first-order valence-corrected chi connectivity index (χ1v) is 12.5. The molecule has 4 rings (SSSR count). The molecule has 9 atom stereocenters. The van der Waals surface area contributed by atoms with E-state index < -0.39 is 0 Å². The van der Waals surface area contributed by atoms with Crippen molar-refractivity contribution >= 4 is 5.78 Å². The van der Waals surface area contributed by atoms with Gasteiger partial charge < -0.3 is 0 Å². The van der Waals surface area contributed by atoms with E-state index in [2.05, 4.69) is 46.8 Å². The lowest BCUT2D eigenvalue weighted by molar-refractivity contribution is -0.140. The average molecular weight is 385 g/mol. The van der Waals surface area contributed by atoms with Crippen LogP contribution in [0, 0.1) is 52.3 Å². The van der Waals surface area contributed by atoms with Crippen LogP contribution < -0.4 is 0 Å². The maximum Gasteiger partial charge on any atom is 0.133 e. The van der Waals surface area contributed by atoms with Crippen molar-refractivity contribution in [2.75, 3.05) is 0 Å². The Bertz CT molecular complexity index is 620. The molecule has 0 amide bonds. The van der Waals surface area contributed by atoms with Crippen molar-refractivity contribution in [3.8, 4) is 0 Å². The molecule has 4 aliphatic carbocycles. The summed E-state index contributed by atoms with van der Waals surface area (Å²) in [6, 6.07) is 0. The van der Waals surface area contributed by atoms with Crippen LogP contribution in [0.4, 0.5) is 0 Å². The lowest BCUT2D eigenvalue weighted by atomic mass is 9.44. The maximum atomic E-state index is 12.1. The minimum Gasteiger partial charge on any atom is -0.300 e. The quantitative estimate of drug-likeness (QED) is 0.460. The molecule has 158 valence electrons. The van der Waals surface area contributed by atoms with E-state index in [1.165, 1.54) is 51.4 Å². The van der Waals surface area contributed by atoms with E-state index in [9.17, 15) is 4.79 Å². The molecule has 0 heterocycles. The third-order valence-electron chi connectivity index (χ3n) is 10.6. The molecule has 28 heavy (non-hydrogen) atoms. The third kappa shape index (κ3) is 3.24. The van der Waals surface area contributed by atoms with Crippen LogP contribution in [0.1, 0.15) is 98.8 Å². The van der Waals surface area contributed by atoms with Gasteiger partial charge in [0, 0.05) is 12.8 Å². The van der Waals surface area contributed by atoms with Crippen molar-refractivity contribution in [1.82, 2.24) is 0 Å². The van der Waals surface area contributed by atoms with Gasteiger partial charge in [-0.2, -0.15) is 0 Å². The standard InChI is InChI=1S/C27H44O/c1-6-18(2)7-8-19(3)23-11-12-24-22-10-9-20-17-21(28)13-15-26(20,4)25(22)14-16-27(23,24)5/h7-8,18-20,22-25H,6,9-17H2,1-5H3. The lowest BCUT2D eigenvalue weighted by Crippen LogP contribution is -2.53. The molecular weight excluding hydrogens is 340 g/mol. The van der Waals surface area contributed by atoms with E-state index >= 15 is 0 Å². The number of rotatable bonds is 4. The van der Waals surface area contributed by atoms with Gasteiger partial charge in [-0.25, -0.2) is 0 Å². The van der Waals surface area contributed by atoms with Gasteiger partial charge in [0.25, 0.3) is 0 Å². The van der Waals surface area contributed by atoms with Crippen molar-refractivity contribution in [2.24, 2.45) is 52.3 Å². The summed E-state index contributed by atoms with van der Waals surface area (Å²) < 4.78 is 0. The Hall–Kier alpha value is -0.590. The van der Waals surface area contributed by atoms with E-state index in [1.54, 1.807) is 0 Å². The van der Waals surface area contributed by atoms with Gasteiger partial charge in [0.15, 0.2) is 0 Å². The SMILES string of the molecule is CCC(C)C=CC(C)C1CCC2C3CCC4CC(=O)CCC4(C)C3CCC12C. The molecule has 9 unspecified atom stereocenters. The van der Waals surface area contributed by atoms with Crippen LogP contribution in [0.2, 0.25) is 0 Å². The lowest BCUT2D eigenvalue weighted by Gasteiger charge is -2.60. The number of ketones is 1. The second kappa shape index (κ2) is 7.59. The molecular formula is C27H44O. The molecule has 4 fully saturated rings. The molecule has 0 radical (unpaired) electrons. The topological polar surface area (TPSA) is 17.1 Å². The highest BCUT2D eigenvalue weighted by molar-refractivity contribution is 5.79. The van der Waals surface area contributed by atoms with Crippen molar-refractivity contribution in [3.05, 3.63) is 12.2 Å². The number of hydrogen-bond donors (Lipinski definition) is 0. The van der Waals surface area contributed by atoms with Crippen molar-refractivity contribution in [1.29, 1.82) is 0 Å². The summed E-state index contributed by atoms with van der Waals surface area (Å²) in [5.74, 6) is 6.31. The normalized spacial score (nSPS) is 48.0. The van der Waals surface area contributed by atoms with E-state index in [0.717, 1.165) is 42.4 Å². The van der Waals surface area contributed by atoms with E-state index in [0.29, 0.717) is 28.4 Å². The average Bonchev–Trinajstić information content (AvgIpc) is 3.03. The molecule has 0 aromatic carbocycles. The van der Waals surface area contributed by atoms with E-state index in [1.807, 2.05) is 0 Å². The summed E-state index contributed by atoms with van der Waals surface area (Å²) in [5.41, 5.74) is 1.01. The predicted octanol–water partition coefficient (Wildman–Crippen LogP) is 7.45. The number of carbonyl (C=O) groups is 1. The highest BCUT2D eigenvalue weighted by atomic mass is 16.1. The molecule has 4 aliphatic rings. The fraction of sp³-hybridized carbons (Fsp3) is 0.889. The maximum absolute atomic E-state index is 12.1. The smallest absolute Gasteiger partial charge is 0.133 e. The number of Topliss-reactive ketones (excluding diaryl/α,β-unsaturated/α-hetero) is 1. The molecule has 0 saturated heterocycles. The van der Waals surface area contributed by atoms with Crippen LogP contribution in [-0.4, -0.2) is 5.78 Å². The molecule has 0 aromatic heterocycles. The Morgan fingerprint density at radius 2 is 1.71 bits per heavy atom. The molecule has 1 heteroatoms. The molecule has 1 nitrogen and oxygen atoms in total. The number of fused-ring (bicyclic) bond motifs is 5. The van der Waals surface area contributed by atoms with E-state index in [-0.39, 0.29) is 0 Å². The second-order valence-electron chi connectivity index (χ2n) is 11.8. The molecule has 0 bridgehead atoms. The molecule has 0 aliphatic heterocycles. The zero-order chi connectivity index (χ0) is 20.1. The highest BCUT2D eigenvalue weighted by Gasteiger charge is 2.60. The fourth-order valence-electron chi connectivity index (χ4n) is 8.58. The summed E-state index contributed by atoms with van der Waals surface area (Å²) in [6.07, 6.45) is 17.7. The van der Waals surface area contributed by atoms with Gasteiger partial charge in [-0.1, -0.05) is 53.2 Å². The first-order chi connectivity index (χ1) is 13.3. The van der Waals surface area contributed by atoms with Gasteiger partial charge in [-0.05, 0) is 97.2 Å². The van der Waals surface area contributed by atoms with Crippen LogP contribution in [0.15, 0.2) is 12.2 Å². The number of hydrogen-bond acceptors (Lipinski definition) is 1. The van der Waals surface area contributed by atoms with Crippen molar-refractivity contribution in [2.45, 2.75) is 98.8 Å². The predicted molar refractivity (Wildman–Crippen MR) is 118 cm³/mol. The Morgan fingerprint density at radius 1 is 0.964 bits per heavy atom. The van der Waals surface area contributed by atoms with Crippen LogP contribution in [0.5, 0.6) is 0 Å². The minimum atomic E-state index is 0.457. The van der Waals surface area contributed by atoms with E-state index in [4.69, 9.17) is 0 Å². The Morgan fingerprint density at radius 3 is 2.46 bits per heavy atom. The Kier molecular flexibility index (Phi) is 5.60. The van der Waals surface area contributed by atoms with Crippen molar-refractivity contribution in [3.63, 3.8) is 0 Å². The third-order valence-corrected chi connectivity index (χ3v) is 10.6. The van der Waals surface area contributed by atoms with Gasteiger partial charge in [-0.15, -0.1) is 0 Å². The monoisotopic (exact) mass is 384 g/mol. The second-order valence-corrected chi connectivity index (χ2v) is 11.8. The fourth-order valence-corrected chi connectivity index (χ4v) is 8.58. The Balaban J connectivity index is 1.52. The van der Waals surface area contributed by atoms with Gasteiger partial charge in [0.2, 0.25) is 0 Å². The first kappa shape index (κ1) is 20.7. The molecule has 0 N–H and O–H groups in total. The van der Waals surface area contributed by atoms with Crippen molar-refractivity contribution < 1.29 is 4.79 Å². The van der Waals surface area contributed by atoms with Crippen LogP contribution in [0.3, 0.4) is 0 Å². The molecule has 4 saturated carbocycles. The van der Waals surface area contributed by atoms with Crippen LogP contribution >= 0.6 is 0 Å². The van der Waals surface area contributed by atoms with Gasteiger partial charge in [-0.3, -0.25) is 4.79 Å². The summed E-state index contributed by atoms with van der Waals surface area (Å²) in [4.78, 5) is 12.1. The zero-order valence-corrected chi connectivity index (χ0v) is 19.2. The van der Waals surface area contributed by atoms with Gasteiger partial charge >= 0.3 is 0 Å².